The number of nitrogen functional groups attached to an aromatic ring is 1. The fourth-order valence-corrected chi connectivity index (χ4v) is 8.43. The number of thioether (sulfide) groups is 1. The van der Waals surface area contributed by atoms with Crippen LogP contribution in [-0.4, -0.2) is 84.0 Å². The lowest BCUT2D eigenvalue weighted by Crippen LogP contribution is -2.54. The van der Waals surface area contributed by atoms with Crippen molar-refractivity contribution in [2.75, 3.05) is 24.6 Å². The minimum Gasteiger partial charge on any atom is -0.457 e. The van der Waals surface area contributed by atoms with Gasteiger partial charge in [0.05, 0.1) is 22.6 Å². The summed E-state index contributed by atoms with van der Waals surface area (Å²) in [6, 6.07) is 18.7. The number of anilines is 1. The summed E-state index contributed by atoms with van der Waals surface area (Å²) in [5.41, 5.74) is 7.98. The number of nitrogens with two attached hydrogens (primary N) is 1. The number of piperidine rings is 2. The molecule has 3 N–H and O–H groups in total. The number of carbonyl (C=O) groups is 5. The van der Waals surface area contributed by atoms with E-state index in [0.29, 0.717) is 66.4 Å². The Morgan fingerprint density at radius 2 is 1.73 bits per heavy atom. The smallest absolute Gasteiger partial charge is 0.265 e. The van der Waals surface area contributed by atoms with Crippen molar-refractivity contribution in [2.45, 2.75) is 61.9 Å². The van der Waals surface area contributed by atoms with Gasteiger partial charge in [0.2, 0.25) is 17.7 Å². The van der Waals surface area contributed by atoms with Gasteiger partial charge in [-0.1, -0.05) is 18.2 Å². The topological polar surface area (TPSA) is 183 Å². The van der Waals surface area contributed by atoms with Crippen LogP contribution in [0.4, 0.5) is 10.2 Å². The van der Waals surface area contributed by atoms with E-state index in [1.807, 2.05) is 64.2 Å². The molecular formula is C40H37FN8O6S. The number of para-hydroxylation sites is 1. The van der Waals surface area contributed by atoms with Crippen molar-refractivity contribution in [1.29, 1.82) is 0 Å². The van der Waals surface area contributed by atoms with Gasteiger partial charge < -0.3 is 15.4 Å². The van der Waals surface area contributed by atoms with Crippen LogP contribution in [0.15, 0.2) is 78.0 Å². The summed E-state index contributed by atoms with van der Waals surface area (Å²) in [6.07, 6.45) is 4.46. The molecule has 16 heteroatoms. The minimum absolute atomic E-state index is 0.0110. The van der Waals surface area contributed by atoms with Gasteiger partial charge in [0.15, 0.2) is 5.65 Å². The van der Waals surface area contributed by atoms with Gasteiger partial charge in [-0.05, 0) is 86.4 Å². The van der Waals surface area contributed by atoms with E-state index in [1.165, 1.54) is 30.2 Å². The van der Waals surface area contributed by atoms with Crippen molar-refractivity contribution < 1.29 is 33.1 Å². The second-order valence-electron chi connectivity index (χ2n) is 13.9. The van der Waals surface area contributed by atoms with Crippen LogP contribution in [-0.2, 0) is 14.4 Å². The van der Waals surface area contributed by atoms with Crippen LogP contribution < -0.4 is 15.8 Å². The van der Waals surface area contributed by atoms with Crippen molar-refractivity contribution in [2.24, 2.45) is 0 Å². The number of likely N-dealkylation sites (tertiary alicyclic amines) is 1. The molecule has 3 aromatic carbocycles. The third kappa shape index (κ3) is 7.07. The quantitative estimate of drug-likeness (QED) is 0.0977. The van der Waals surface area contributed by atoms with Crippen LogP contribution in [0, 0.1) is 5.82 Å². The molecule has 286 valence electrons. The highest BCUT2D eigenvalue weighted by atomic mass is 32.2. The van der Waals surface area contributed by atoms with Gasteiger partial charge in [-0.15, -0.1) is 11.8 Å². The average molecular weight is 777 g/mol. The van der Waals surface area contributed by atoms with Gasteiger partial charge in [0, 0.05) is 36.4 Å². The third-order valence-corrected chi connectivity index (χ3v) is 11.4. The Labute approximate surface area is 324 Å². The van der Waals surface area contributed by atoms with Gasteiger partial charge in [-0.2, -0.15) is 5.10 Å². The van der Waals surface area contributed by atoms with E-state index in [1.54, 1.807) is 0 Å². The molecule has 5 amide bonds. The van der Waals surface area contributed by atoms with Crippen molar-refractivity contribution >= 4 is 58.1 Å². The van der Waals surface area contributed by atoms with Crippen LogP contribution in [0.1, 0.15) is 71.7 Å². The summed E-state index contributed by atoms with van der Waals surface area (Å²) >= 11 is 1.20. The van der Waals surface area contributed by atoms with E-state index in [2.05, 4.69) is 15.3 Å². The van der Waals surface area contributed by atoms with Gasteiger partial charge in [-0.25, -0.2) is 19.0 Å². The summed E-state index contributed by atoms with van der Waals surface area (Å²) in [5, 5.41) is 7.77. The first kappa shape index (κ1) is 36.8. The molecule has 2 aromatic heterocycles. The van der Waals surface area contributed by atoms with Gasteiger partial charge in [-0.3, -0.25) is 34.2 Å². The summed E-state index contributed by atoms with van der Waals surface area (Å²) in [7, 11) is 0. The zero-order valence-corrected chi connectivity index (χ0v) is 31.0. The van der Waals surface area contributed by atoms with E-state index in [0.717, 1.165) is 29.1 Å². The molecule has 8 rings (SSSR count). The second kappa shape index (κ2) is 15.5. The number of nitrogens with one attached hydrogen (secondary N) is 1. The van der Waals surface area contributed by atoms with Crippen LogP contribution in [0.25, 0.3) is 22.3 Å². The number of hydrogen-bond donors (Lipinski definition) is 2. The maximum absolute atomic E-state index is 15.6. The fourth-order valence-electron chi connectivity index (χ4n) is 7.47. The number of amides is 5. The maximum Gasteiger partial charge on any atom is 0.265 e. The first-order valence-electron chi connectivity index (χ1n) is 18.4. The number of rotatable bonds is 11. The molecule has 0 radical (unpaired) electrons. The molecule has 0 spiro atoms. The summed E-state index contributed by atoms with van der Waals surface area (Å²) in [6.45, 7) is 1.08. The number of halogens is 1. The molecule has 2 unspecified atom stereocenters. The normalized spacial score (nSPS) is 18.4. The number of unbranched alkanes of at least 4 members (excludes halogenated alkanes) is 1. The Hall–Kier alpha value is -6.16. The number of nitrogens with zero attached hydrogens (tertiary/aromatic N) is 6. The molecule has 5 heterocycles. The molecule has 3 aliphatic heterocycles. The van der Waals surface area contributed by atoms with E-state index < -0.39 is 35.5 Å². The average Bonchev–Trinajstić information content (AvgIpc) is 3.72. The molecule has 0 aliphatic carbocycles. The number of carbonyl (C=O) groups excluding carboxylic acids is 5. The first-order valence-corrected chi connectivity index (χ1v) is 19.4. The van der Waals surface area contributed by atoms with Crippen molar-refractivity contribution in [1.82, 2.24) is 34.9 Å². The molecule has 14 nitrogen and oxygen atoms in total. The molecule has 3 aliphatic rings. The zero-order valence-electron chi connectivity index (χ0n) is 30.2. The predicted octanol–water partition coefficient (Wildman–Crippen LogP) is 5.53. The monoisotopic (exact) mass is 776 g/mol. The van der Waals surface area contributed by atoms with E-state index in [4.69, 9.17) is 15.6 Å². The second-order valence-corrected chi connectivity index (χ2v) is 15.0. The molecule has 2 atom stereocenters. The lowest BCUT2D eigenvalue weighted by atomic mass is 10.0. The standard InChI is InChI=1S/C40H37FN8O6S/c41-34-29(17-15-27-32(34)40(54)48(39(27)53)28-16-18-30(50)45-38(28)52)56-20-5-4-10-31(51)47-19-6-7-24(21-47)49-37-33(36(42)43-22-44-37)35(46-49)23-11-13-26(14-12-23)55-25-8-2-1-3-9-25/h1-3,8-9,11-15,17,22,24,28H,4-7,10,16,18-21H2,(H2,42,43,44)(H,45,50,52). The first-order chi connectivity index (χ1) is 27.2. The van der Waals surface area contributed by atoms with Crippen LogP contribution in [0.2, 0.25) is 0 Å². The highest BCUT2D eigenvalue weighted by Crippen LogP contribution is 2.36. The minimum atomic E-state index is -1.17. The van der Waals surface area contributed by atoms with Crippen molar-refractivity contribution in [3.63, 3.8) is 0 Å². The maximum atomic E-state index is 15.6. The molecule has 0 bridgehead atoms. The summed E-state index contributed by atoms with van der Waals surface area (Å²) in [5.74, 6) is -1.47. The largest absolute Gasteiger partial charge is 0.457 e. The Bertz CT molecular complexity index is 2370. The highest BCUT2D eigenvalue weighted by Gasteiger charge is 2.46. The Balaban J connectivity index is 0.874. The predicted molar refractivity (Wildman–Crippen MR) is 204 cm³/mol. The Morgan fingerprint density at radius 3 is 2.52 bits per heavy atom. The van der Waals surface area contributed by atoms with Gasteiger partial charge >= 0.3 is 0 Å². The third-order valence-electron chi connectivity index (χ3n) is 10.3. The van der Waals surface area contributed by atoms with E-state index >= 15 is 4.39 Å². The SMILES string of the molecule is Nc1ncnc2c1c(-c1ccc(Oc3ccccc3)cc1)nn2C1CCCN(C(=O)CCCCSc2ccc3c(c2F)C(=O)N(C2CCC(=O)NC2=O)C3=O)C1. The van der Waals surface area contributed by atoms with E-state index in [-0.39, 0.29) is 40.8 Å². The number of aromatic nitrogens is 4. The number of hydrogen-bond acceptors (Lipinski definition) is 11. The van der Waals surface area contributed by atoms with Gasteiger partial charge in [0.1, 0.15) is 41.2 Å². The van der Waals surface area contributed by atoms with Crippen molar-refractivity contribution in [3.8, 4) is 22.8 Å². The molecule has 5 aromatic rings. The number of imide groups is 2. The van der Waals surface area contributed by atoms with Gasteiger partial charge in [0.25, 0.3) is 11.8 Å². The van der Waals surface area contributed by atoms with Crippen LogP contribution in [0.5, 0.6) is 11.5 Å². The fraction of sp³-hybridized carbons (Fsp3) is 0.300. The van der Waals surface area contributed by atoms with Crippen LogP contribution in [0.3, 0.4) is 0 Å². The molecule has 2 fully saturated rings. The number of fused-ring (bicyclic) bond motifs is 2. The lowest BCUT2D eigenvalue weighted by molar-refractivity contribution is -0.136. The van der Waals surface area contributed by atoms with Crippen molar-refractivity contribution in [3.05, 3.63) is 90.0 Å². The lowest BCUT2D eigenvalue weighted by Gasteiger charge is -2.33. The highest BCUT2D eigenvalue weighted by molar-refractivity contribution is 7.99. The molecular weight excluding hydrogens is 740 g/mol. The number of ether oxygens (including phenoxy) is 1. The molecule has 56 heavy (non-hydrogen) atoms. The summed E-state index contributed by atoms with van der Waals surface area (Å²) in [4.78, 5) is 75.1. The molecule has 0 saturated carbocycles. The molecule has 2 saturated heterocycles. The zero-order chi connectivity index (χ0) is 38.9. The Kier molecular flexibility index (Phi) is 10.2. The Morgan fingerprint density at radius 1 is 0.946 bits per heavy atom. The number of benzene rings is 3. The van der Waals surface area contributed by atoms with Crippen LogP contribution >= 0.6 is 11.8 Å². The van der Waals surface area contributed by atoms with E-state index in [9.17, 15) is 24.0 Å². The summed E-state index contributed by atoms with van der Waals surface area (Å²) < 4.78 is 23.4.